The van der Waals surface area contributed by atoms with Gasteiger partial charge in [-0.05, 0) is 48.7 Å². The number of aryl methyl sites for hydroxylation is 1. The van der Waals surface area contributed by atoms with Gasteiger partial charge in [-0.2, -0.15) is 0 Å². The summed E-state index contributed by atoms with van der Waals surface area (Å²) in [6.07, 6.45) is 1.07. The second-order valence-corrected chi connectivity index (χ2v) is 5.98. The van der Waals surface area contributed by atoms with Gasteiger partial charge in [0.2, 0.25) is 0 Å². The Balaban J connectivity index is 1.82. The Kier molecular flexibility index (Phi) is 3.16. The zero-order valence-corrected chi connectivity index (χ0v) is 12.9. The molecule has 3 nitrogen and oxygen atoms in total. The Morgan fingerprint density at radius 1 is 1.09 bits per heavy atom. The Morgan fingerprint density at radius 3 is 2.68 bits per heavy atom. The third kappa shape index (κ3) is 2.09. The number of benzene rings is 2. The van der Waals surface area contributed by atoms with Gasteiger partial charge in [-0.3, -0.25) is 0 Å². The highest BCUT2D eigenvalue weighted by atomic mass is 16.5. The van der Waals surface area contributed by atoms with Crippen molar-refractivity contribution in [2.75, 3.05) is 13.7 Å². The van der Waals surface area contributed by atoms with E-state index in [0.717, 1.165) is 18.7 Å². The first-order valence-corrected chi connectivity index (χ1v) is 7.74. The molecule has 112 valence electrons. The van der Waals surface area contributed by atoms with Crippen LogP contribution in [0.1, 0.15) is 28.4 Å². The van der Waals surface area contributed by atoms with Crippen molar-refractivity contribution in [1.29, 1.82) is 0 Å². The first kappa shape index (κ1) is 13.4. The van der Waals surface area contributed by atoms with Crippen LogP contribution < -0.4 is 10.1 Å². The standard InChI is InChI=1S/C19H20N2O/c1-12-3-8-17-16(11-12)15-9-10-20-18(19(15)21-17)13-4-6-14(22-2)7-5-13/h3-8,11,18,20-21H,9-10H2,1-2H3. The van der Waals surface area contributed by atoms with E-state index in [1.165, 1.54) is 33.3 Å². The van der Waals surface area contributed by atoms with Gasteiger partial charge >= 0.3 is 0 Å². The quantitative estimate of drug-likeness (QED) is 0.755. The van der Waals surface area contributed by atoms with Crippen molar-refractivity contribution < 1.29 is 4.74 Å². The van der Waals surface area contributed by atoms with Crippen molar-refractivity contribution >= 4 is 10.9 Å². The fourth-order valence-electron chi connectivity index (χ4n) is 3.42. The molecule has 3 heteroatoms. The summed E-state index contributed by atoms with van der Waals surface area (Å²) in [6, 6.07) is 15.2. The van der Waals surface area contributed by atoms with Gasteiger partial charge in [0.1, 0.15) is 5.75 Å². The molecule has 3 aromatic rings. The van der Waals surface area contributed by atoms with Crippen molar-refractivity contribution in [2.45, 2.75) is 19.4 Å². The lowest BCUT2D eigenvalue weighted by Gasteiger charge is -2.25. The molecule has 0 amide bonds. The van der Waals surface area contributed by atoms with Crippen LogP contribution in [0, 0.1) is 6.92 Å². The van der Waals surface area contributed by atoms with Crippen molar-refractivity contribution in [1.82, 2.24) is 10.3 Å². The molecule has 0 aliphatic carbocycles. The summed E-state index contributed by atoms with van der Waals surface area (Å²) in [5, 5.41) is 5.00. The fraction of sp³-hybridized carbons (Fsp3) is 0.263. The number of rotatable bonds is 2. The summed E-state index contributed by atoms with van der Waals surface area (Å²) in [4.78, 5) is 3.63. The van der Waals surface area contributed by atoms with Crippen molar-refractivity contribution in [2.24, 2.45) is 0 Å². The van der Waals surface area contributed by atoms with Crippen LogP contribution in [0.4, 0.5) is 0 Å². The Bertz CT molecular complexity index is 817. The molecule has 0 bridgehead atoms. The number of hydrogen-bond acceptors (Lipinski definition) is 2. The molecule has 0 spiro atoms. The second kappa shape index (κ2) is 5.18. The highest BCUT2D eigenvalue weighted by Gasteiger charge is 2.25. The normalized spacial score (nSPS) is 17.5. The Morgan fingerprint density at radius 2 is 1.91 bits per heavy atom. The van der Waals surface area contributed by atoms with Crippen LogP contribution in [0.3, 0.4) is 0 Å². The average molecular weight is 292 g/mol. The number of aromatic nitrogens is 1. The third-order valence-corrected chi connectivity index (χ3v) is 4.56. The smallest absolute Gasteiger partial charge is 0.118 e. The first-order chi connectivity index (χ1) is 10.8. The molecule has 1 aliphatic heterocycles. The van der Waals surface area contributed by atoms with Gasteiger partial charge in [-0.25, -0.2) is 0 Å². The van der Waals surface area contributed by atoms with Gasteiger partial charge in [-0.1, -0.05) is 23.8 Å². The van der Waals surface area contributed by atoms with Crippen LogP contribution in [-0.2, 0) is 6.42 Å². The maximum absolute atomic E-state index is 5.26. The van der Waals surface area contributed by atoms with E-state index in [4.69, 9.17) is 4.74 Å². The lowest BCUT2D eigenvalue weighted by Crippen LogP contribution is -2.30. The Hall–Kier alpha value is -2.26. The summed E-state index contributed by atoms with van der Waals surface area (Å²) in [5.74, 6) is 0.895. The number of H-pyrrole nitrogens is 1. The van der Waals surface area contributed by atoms with Crippen LogP contribution in [-0.4, -0.2) is 18.6 Å². The van der Waals surface area contributed by atoms with E-state index in [1.807, 2.05) is 12.1 Å². The molecule has 22 heavy (non-hydrogen) atoms. The number of nitrogens with one attached hydrogen (secondary N) is 2. The molecular weight excluding hydrogens is 272 g/mol. The zero-order valence-electron chi connectivity index (χ0n) is 12.9. The monoisotopic (exact) mass is 292 g/mol. The molecular formula is C19H20N2O. The van der Waals surface area contributed by atoms with E-state index in [-0.39, 0.29) is 6.04 Å². The molecule has 0 fully saturated rings. The average Bonchev–Trinajstić information content (AvgIpc) is 2.93. The number of aromatic amines is 1. The maximum Gasteiger partial charge on any atom is 0.118 e. The molecule has 1 aromatic heterocycles. The van der Waals surface area contributed by atoms with E-state index in [9.17, 15) is 0 Å². The largest absolute Gasteiger partial charge is 0.497 e. The highest BCUT2D eigenvalue weighted by molar-refractivity contribution is 5.86. The van der Waals surface area contributed by atoms with E-state index in [1.54, 1.807) is 7.11 Å². The number of methoxy groups -OCH3 is 1. The molecule has 0 saturated heterocycles. The number of ether oxygens (including phenoxy) is 1. The third-order valence-electron chi connectivity index (χ3n) is 4.56. The maximum atomic E-state index is 5.26. The van der Waals surface area contributed by atoms with Crippen LogP contribution >= 0.6 is 0 Å². The first-order valence-electron chi connectivity index (χ1n) is 7.74. The van der Waals surface area contributed by atoms with Crippen LogP contribution in [0.15, 0.2) is 42.5 Å². The van der Waals surface area contributed by atoms with E-state index >= 15 is 0 Å². The summed E-state index contributed by atoms with van der Waals surface area (Å²) in [7, 11) is 1.70. The topological polar surface area (TPSA) is 37.0 Å². The van der Waals surface area contributed by atoms with Gasteiger partial charge in [-0.15, -0.1) is 0 Å². The summed E-state index contributed by atoms with van der Waals surface area (Å²) < 4.78 is 5.26. The molecule has 1 unspecified atom stereocenters. The fourth-order valence-corrected chi connectivity index (χ4v) is 3.42. The van der Waals surface area contributed by atoms with E-state index in [0.29, 0.717) is 0 Å². The van der Waals surface area contributed by atoms with Crippen LogP contribution in [0.2, 0.25) is 0 Å². The summed E-state index contributed by atoms with van der Waals surface area (Å²) in [5.41, 5.74) is 6.58. The van der Waals surface area contributed by atoms with E-state index < -0.39 is 0 Å². The minimum Gasteiger partial charge on any atom is -0.497 e. The predicted molar refractivity (Wildman–Crippen MR) is 89.6 cm³/mol. The van der Waals surface area contributed by atoms with Crippen molar-refractivity contribution in [3.63, 3.8) is 0 Å². The van der Waals surface area contributed by atoms with Gasteiger partial charge in [0, 0.05) is 23.1 Å². The van der Waals surface area contributed by atoms with Crippen molar-refractivity contribution in [3.05, 3.63) is 64.8 Å². The molecule has 1 atom stereocenters. The molecule has 0 radical (unpaired) electrons. The second-order valence-electron chi connectivity index (χ2n) is 5.98. The van der Waals surface area contributed by atoms with Crippen molar-refractivity contribution in [3.8, 4) is 5.75 Å². The van der Waals surface area contributed by atoms with Crippen LogP contribution in [0.25, 0.3) is 10.9 Å². The molecule has 4 rings (SSSR count). The molecule has 2 heterocycles. The molecule has 2 aromatic carbocycles. The minimum atomic E-state index is 0.224. The summed E-state index contributed by atoms with van der Waals surface area (Å²) >= 11 is 0. The number of fused-ring (bicyclic) bond motifs is 3. The lowest BCUT2D eigenvalue weighted by molar-refractivity contribution is 0.414. The number of hydrogen-bond donors (Lipinski definition) is 2. The Labute approximate surface area is 130 Å². The molecule has 1 aliphatic rings. The van der Waals surface area contributed by atoms with Crippen LogP contribution in [0.5, 0.6) is 5.75 Å². The SMILES string of the molecule is COc1ccc(C2NCCc3c2[nH]c2ccc(C)cc32)cc1. The van der Waals surface area contributed by atoms with Gasteiger partial charge < -0.3 is 15.0 Å². The summed E-state index contributed by atoms with van der Waals surface area (Å²) in [6.45, 7) is 3.16. The van der Waals surface area contributed by atoms with E-state index in [2.05, 4.69) is 47.6 Å². The van der Waals surface area contributed by atoms with Gasteiger partial charge in [0.15, 0.2) is 0 Å². The molecule has 0 saturated carbocycles. The van der Waals surface area contributed by atoms with Gasteiger partial charge in [0.05, 0.1) is 13.2 Å². The zero-order chi connectivity index (χ0) is 15.1. The molecule has 2 N–H and O–H groups in total. The minimum absolute atomic E-state index is 0.224. The highest BCUT2D eigenvalue weighted by Crippen LogP contribution is 2.34. The lowest BCUT2D eigenvalue weighted by atomic mass is 9.94. The van der Waals surface area contributed by atoms with Gasteiger partial charge in [0.25, 0.3) is 0 Å². The predicted octanol–water partition coefficient (Wildman–Crippen LogP) is 3.72.